The first-order valence-electron chi connectivity index (χ1n) is 35.9. The van der Waals surface area contributed by atoms with E-state index >= 15 is 14.0 Å². The summed E-state index contributed by atoms with van der Waals surface area (Å²) in [7, 11) is -3.14. The van der Waals surface area contributed by atoms with E-state index in [2.05, 4.69) is 54.8 Å². The number of aryl methyl sites for hydroxylation is 2. The third kappa shape index (κ3) is 16.5. The van der Waals surface area contributed by atoms with Crippen LogP contribution in [0.15, 0.2) is 58.4 Å². The molecule has 638 valence electrons. The number of aromatic amines is 1. The second-order valence-corrected chi connectivity index (χ2v) is 37.6. The van der Waals surface area contributed by atoms with E-state index in [4.69, 9.17) is 153 Å². The number of rotatable bonds is 34. The number of anilines is 5. The van der Waals surface area contributed by atoms with Crippen molar-refractivity contribution in [3.63, 3.8) is 0 Å². The van der Waals surface area contributed by atoms with Crippen LogP contribution >= 0.6 is 28.1 Å². The van der Waals surface area contributed by atoms with Gasteiger partial charge in [0.25, 0.3) is 13.4 Å². The van der Waals surface area contributed by atoms with E-state index in [9.17, 15) is 29.3 Å². The van der Waals surface area contributed by atoms with Crippen LogP contribution in [0, 0.1) is 13.8 Å². The normalized spacial score (nSPS) is 32.9. The van der Waals surface area contributed by atoms with Crippen LogP contribution in [0.5, 0.6) is 0 Å². The van der Waals surface area contributed by atoms with Gasteiger partial charge in [0.2, 0.25) is 5.95 Å². The van der Waals surface area contributed by atoms with Gasteiger partial charge >= 0.3 is 11.4 Å². The van der Waals surface area contributed by atoms with Gasteiger partial charge in [-0.15, -0.1) is 0 Å². The van der Waals surface area contributed by atoms with Gasteiger partial charge in [-0.25, -0.2) is 44.5 Å². The average Bonchev–Trinajstić information content (AvgIpc) is 1.55. The number of ether oxygens (including phenoxy) is 11. The lowest BCUT2D eigenvalue weighted by Gasteiger charge is -2.41. The third-order valence-electron chi connectivity index (χ3n) is 20.9. The van der Waals surface area contributed by atoms with Crippen LogP contribution in [0.3, 0.4) is 0 Å². The zero-order chi connectivity index (χ0) is 83.3. The quantitative estimate of drug-likeness (QED) is 0.0127. The average molecular weight is 1770 g/mol. The number of nitrogen functional groups attached to an aromatic ring is 5. The molecule has 25 atom stereocenters. The van der Waals surface area contributed by atoms with Gasteiger partial charge in [0, 0.05) is 44.2 Å². The Hall–Kier alpha value is -6.60. The number of phosphoric ester groups is 1. The Kier molecular flexibility index (Phi) is 24.3. The molecule has 0 spiro atoms. The molecule has 8 aromatic heterocycles. The first-order valence-corrected chi connectivity index (χ1v) is 45.1. The van der Waals surface area contributed by atoms with Crippen LogP contribution in [-0.2, 0) is 133 Å². The maximum atomic E-state index is 15.4. The molecule has 8 unspecified atom stereocenters. The lowest BCUT2D eigenvalue weighted by molar-refractivity contribution is -0.253. The van der Waals surface area contributed by atoms with Crippen molar-refractivity contribution >= 4 is 127 Å². The van der Waals surface area contributed by atoms with Crippen molar-refractivity contribution in [3.05, 3.63) is 86.5 Å². The summed E-state index contributed by atoms with van der Waals surface area (Å²) in [4.78, 5) is 129. The fourth-order valence-electron chi connectivity index (χ4n) is 15.1. The van der Waals surface area contributed by atoms with E-state index in [1.54, 1.807) is 25.3 Å². The number of imidazole rings is 3. The van der Waals surface area contributed by atoms with Gasteiger partial charge in [0.05, 0.1) is 96.3 Å². The van der Waals surface area contributed by atoms with Gasteiger partial charge < -0.3 is 149 Å². The highest BCUT2D eigenvalue weighted by Crippen LogP contribution is 2.62. The molecule has 7 aliphatic heterocycles. The van der Waals surface area contributed by atoms with Gasteiger partial charge in [-0.05, 0) is 34.1 Å². The van der Waals surface area contributed by atoms with Crippen molar-refractivity contribution in [1.82, 2.24) is 77.7 Å². The highest BCUT2D eigenvalue weighted by molar-refractivity contribution is 8.32. The van der Waals surface area contributed by atoms with Gasteiger partial charge in [-0.3, -0.25) is 41.7 Å². The summed E-state index contributed by atoms with van der Waals surface area (Å²) in [6.45, 7) is -11.1. The van der Waals surface area contributed by atoms with Crippen LogP contribution in [0.1, 0.15) is 75.9 Å². The topological polar surface area (TPSA) is 650 Å². The minimum absolute atomic E-state index is 0.0567. The van der Waals surface area contributed by atoms with Gasteiger partial charge in [0.15, 0.2) is 65.8 Å². The molecule has 56 heteroatoms. The molecule has 4 bridgehead atoms. The Balaban J connectivity index is 0.706. The molecule has 7 saturated heterocycles. The summed E-state index contributed by atoms with van der Waals surface area (Å²) in [5, 5.41) is 11.7. The zero-order valence-electron chi connectivity index (χ0n) is 62.7. The van der Waals surface area contributed by atoms with Crippen LogP contribution < -0.4 is 60.3 Å². The summed E-state index contributed by atoms with van der Waals surface area (Å²) in [6.07, 6.45) is -17.5. The minimum atomic E-state index is -5.93. The largest absolute Gasteiger partial charge is 0.780 e. The molecular formula is C61H79N21O28P4S3-4. The number of aromatic nitrogens is 16. The molecule has 15 heterocycles. The lowest BCUT2D eigenvalue weighted by atomic mass is 9.94. The number of hydrogen-bond acceptors (Lipinski definition) is 46. The summed E-state index contributed by atoms with van der Waals surface area (Å²) in [5.41, 5.74) is 24.4. The van der Waals surface area contributed by atoms with Crippen LogP contribution in [0.25, 0.3) is 33.5 Å². The second kappa shape index (κ2) is 33.3. The predicted molar refractivity (Wildman–Crippen MR) is 402 cm³/mol. The van der Waals surface area contributed by atoms with Crippen molar-refractivity contribution in [2.24, 2.45) is 0 Å². The predicted octanol–water partition coefficient (Wildman–Crippen LogP) is -2.23. The monoisotopic (exact) mass is 1770 g/mol. The van der Waals surface area contributed by atoms with E-state index in [-0.39, 0.29) is 84.4 Å². The minimum Gasteiger partial charge on any atom is -0.780 e. The molecule has 0 aromatic carbocycles. The Morgan fingerprint density at radius 1 is 0.581 bits per heavy atom. The molecule has 0 radical (unpaired) electrons. The molecule has 7 aliphatic rings. The molecule has 8 aromatic rings. The molecule has 15 rings (SSSR count). The molecule has 7 fully saturated rings. The van der Waals surface area contributed by atoms with Gasteiger partial charge in [0.1, 0.15) is 127 Å². The van der Waals surface area contributed by atoms with Crippen LogP contribution in [0.4, 0.5) is 29.2 Å². The van der Waals surface area contributed by atoms with Gasteiger partial charge in [-0.2, -0.15) is 15.0 Å². The number of fused-ring (bicyclic) bond motifs is 7. The summed E-state index contributed by atoms with van der Waals surface area (Å²) < 4.78 is 153. The molecule has 0 amide bonds. The molecular weight excluding hydrogens is 1690 g/mol. The van der Waals surface area contributed by atoms with Crippen LogP contribution in [0.2, 0.25) is 0 Å². The molecule has 49 nitrogen and oxygen atoms in total. The first kappa shape index (κ1) is 85.4. The highest BCUT2D eigenvalue weighted by Gasteiger charge is 2.70. The SMILES string of the molecule is CC[C@H]1O[C@@H](n2cnc3c(N)ncnc32)C[C@H]1OP([O-])(=S)OC[C@]12O[C@@H](n3cc(C)c(N)nc3=O)C(O[C@H]1C)[C@H]2OP(=O)([O-])OC[C@]12O[C@@H](n3cnc4c(N)ncnc43)C(O[C@H]1C)[C@H]2OP(=O)([S-])OC[C@H]1O[C@@H](n2cnc3c(=O)[nH]c(N)nc32)C(OCCOC)[C@H]1OP([O-])(=S)OC[C@H]1O[C@@H](n2cc(C)c(N)nc2=O)C(OCCOC)[C@H]1O. The van der Waals surface area contributed by atoms with Crippen LogP contribution in [-0.4, -0.2) is 246 Å². The Morgan fingerprint density at radius 2 is 1.09 bits per heavy atom. The first-order chi connectivity index (χ1) is 55.6. The van der Waals surface area contributed by atoms with E-state index in [1.165, 1.54) is 68.6 Å². The van der Waals surface area contributed by atoms with Crippen molar-refractivity contribution in [3.8, 4) is 0 Å². The number of phosphoric acid groups is 1. The van der Waals surface area contributed by atoms with Crippen molar-refractivity contribution in [2.75, 3.05) is 95.7 Å². The van der Waals surface area contributed by atoms with Crippen molar-refractivity contribution in [1.29, 1.82) is 0 Å². The summed E-state index contributed by atoms with van der Waals surface area (Å²) in [6, 6.07) is 0. The standard InChI is InChI=1S/C61H83N21O28P4S3/c1-8-29-30(13-33(102-29)80-22-71-34-47(64)67-20-69-49(34)80)107-114(91,117)99-19-61-28(5)100-41(55(105-61)79-15-26(3)46(63)75-59(79)86)43(61)109-111(87,88)98-18-60-27(4)101-42(56(106-60)81-23-72-35-48(65)68-21-70-50(35)81)44(60)110-113(90,116)97-17-32-38(40(95-12-10-93-7)54(104-32)82-24-73-36-51(82)76-57(66)77-52(36)84)108-112(89,115)96-16-31-37(83)39(94-11-9-92-6)53(103-31)78-14-25(2)45(62)74-58(78)85/h14-15,20-24,27-33,37-44,53-56,83H,8-13,16-19H2,1-7H3,(H,87,88)(H,89,115)(H,90,116)(H,91,117)(H2,62,74,85)(H2,63,75,86)(H2,64,67,69)(H2,65,68,70)(H3,66,76,77,84)/p-4/t27-,28-,29+,30+,31+,32+,33+,37-,38-,39?,40?,41?,42?,43+,44+,53+,54+,55+,56+,60-,61-,112?,113?,114?/m0/s1. The fourth-order valence-corrected chi connectivity index (χ4v) is 20.4. The Bertz CT molecular complexity index is 5450. The molecule has 0 aliphatic carbocycles. The number of hydrogen-bond donors (Lipinski definition) is 7. The van der Waals surface area contributed by atoms with Gasteiger partial charge in [-0.1, -0.05) is 30.5 Å². The number of nitrogens with two attached hydrogens (primary N) is 5. The van der Waals surface area contributed by atoms with Crippen molar-refractivity contribution < 1.29 is 117 Å². The maximum Gasteiger partial charge on any atom is 0.351 e. The second-order valence-electron chi connectivity index (χ2n) is 28.1. The smallest absolute Gasteiger partial charge is 0.351 e. The highest BCUT2D eigenvalue weighted by atomic mass is 32.7. The Morgan fingerprint density at radius 3 is 1.70 bits per heavy atom. The third-order valence-corrected chi connectivity index (χ3v) is 26.5. The number of nitrogens with zero attached hydrogens (tertiary/aromatic N) is 15. The molecule has 12 N–H and O–H groups in total. The lowest BCUT2D eigenvalue weighted by Crippen LogP contribution is -2.52. The summed E-state index contributed by atoms with van der Waals surface area (Å²) in [5.74, 6) is -0.478. The number of aliphatic hydroxyl groups excluding tert-OH is 1. The van der Waals surface area contributed by atoms with Crippen molar-refractivity contribution in [2.45, 2.75) is 175 Å². The Labute approximate surface area is 675 Å². The van der Waals surface area contributed by atoms with E-state index in [1.807, 2.05) is 0 Å². The summed E-state index contributed by atoms with van der Waals surface area (Å²) >= 11 is 16.8. The van der Waals surface area contributed by atoms with E-state index < -0.39 is 199 Å². The van der Waals surface area contributed by atoms with E-state index in [0.29, 0.717) is 28.7 Å². The fraction of sp³-hybridized carbons (Fsp3) is 0.623. The maximum absolute atomic E-state index is 15.4. The molecule has 117 heavy (non-hydrogen) atoms. The number of methoxy groups -OCH3 is 2. The number of H-pyrrole nitrogens is 1. The molecule has 0 saturated carbocycles. The van der Waals surface area contributed by atoms with E-state index in [0.717, 1.165) is 21.8 Å². The number of aliphatic hydroxyl groups is 1. The number of nitrogens with one attached hydrogen (secondary N) is 1. The zero-order valence-corrected chi connectivity index (χ0v) is 68.7.